The number of hydrogen-bond acceptors (Lipinski definition) is 2. The molecule has 1 aliphatic heterocycles. The number of amides is 2. The van der Waals surface area contributed by atoms with Gasteiger partial charge in [-0.2, -0.15) is 0 Å². The third-order valence-electron chi connectivity index (χ3n) is 2.89. The van der Waals surface area contributed by atoms with E-state index in [0.717, 1.165) is 6.42 Å². The van der Waals surface area contributed by atoms with Crippen molar-refractivity contribution in [1.29, 1.82) is 0 Å². The Morgan fingerprint density at radius 1 is 1.54 bits per heavy atom. The van der Waals surface area contributed by atoms with E-state index in [1.807, 2.05) is 0 Å². The first-order chi connectivity index (χ1) is 6.16. The fourth-order valence-electron chi connectivity index (χ4n) is 1.94. The molecule has 2 rings (SSSR count). The summed E-state index contributed by atoms with van der Waals surface area (Å²) in [6.07, 6.45) is 3.68. The molecule has 1 heterocycles. The van der Waals surface area contributed by atoms with Crippen LogP contribution in [0, 0.1) is 11.8 Å². The van der Waals surface area contributed by atoms with Crippen LogP contribution in [0.5, 0.6) is 0 Å². The highest BCUT2D eigenvalue weighted by Gasteiger charge is 2.39. The molecular weight excluding hydrogens is 168 g/mol. The smallest absolute Gasteiger partial charge is 0.223 e. The Hall–Kier alpha value is -1.06. The molecule has 2 aliphatic rings. The van der Waals surface area contributed by atoms with Crippen LogP contribution in [-0.2, 0) is 9.59 Å². The summed E-state index contributed by atoms with van der Waals surface area (Å²) in [5, 5.41) is 2.82. The molecule has 3 N–H and O–H groups in total. The largest absolute Gasteiger partial charge is 0.369 e. The minimum absolute atomic E-state index is 0.0116. The lowest BCUT2D eigenvalue weighted by molar-refractivity contribution is -0.124. The van der Waals surface area contributed by atoms with Gasteiger partial charge in [0.25, 0.3) is 0 Å². The lowest BCUT2D eigenvalue weighted by Crippen LogP contribution is -2.35. The Morgan fingerprint density at radius 3 is 2.77 bits per heavy atom. The van der Waals surface area contributed by atoms with Crippen LogP contribution in [-0.4, -0.2) is 17.9 Å². The van der Waals surface area contributed by atoms with Crippen molar-refractivity contribution in [3.05, 3.63) is 0 Å². The Balaban J connectivity index is 1.97. The molecule has 0 aromatic rings. The molecule has 0 aromatic carbocycles. The highest BCUT2D eigenvalue weighted by molar-refractivity contribution is 5.89. The van der Waals surface area contributed by atoms with Crippen molar-refractivity contribution >= 4 is 11.8 Å². The van der Waals surface area contributed by atoms with Crippen LogP contribution in [0.3, 0.4) is 0 Å². The van der Waals surface area contributed by atoms with Crippen molar-refractivity contribution in [1.82, 2.24) is 5.32 Å². The van der Waals surface area contributed by atoms with Gasteiger partial charge in [0.2, 0.25) is 11.8 Å². The Labute approximate surface area is 76.9 Å². The van der Waals surface area contributed by atoms with Gasteiger partial charge in [0.15, 0.2) is 0 Å². The van der Waals surface area contributed by atoms with E-state index in [9.17, 15) is 9.59 Å². The summed E-state index contributed by atoms with van der Waals surface area (Å²) in [7, 11) is 0. The lowest BCUT2D eigenvalue weighted by Gasteiger charge is -2.14. The van der Waals surface area contributed by atoms with E-state index in [1.165, 1.54) is 12.8 Å². The van der Waals surface area contributed by atoms with Crippen LogP contribution in [0.25, 0.3) is 0 Å². The minimum atomic E-state index is -0.344. The fourth-order valence-corrected chi connectivity index (χ4v) is 1.94. The molecule has 2 atom stereocenters. The van der Waals surface area contributed by atoms with E-state index in [0.29, 0.717) is 5.92 Å². The van der Waals surface area contributed by atoms with E-state index in [-0.39, 0.29) is 30.2 Å². The molecule has 72 valence electrons. The van der Waals surface area contributed by atoms with Gasteiger partial charge in [-0.05, 0) is 12.3 Å². The highest BCUT2D eigenvalue weighted by Crippen LogP contribution is 2.36. The molecule has 0 bridgehead atoms. The van der Waals surface area contributed by atoms with Crippen molar-refractivity contribution in [2.24, 2.45) is 17.6 Å². The van der Waals surface area contributed by atoms with Gasteiger partial charge in [0.1, 0.15) is 0 Å². The van der Waals surface area contributed by atoms with Gasteiger partial charge in [-0.25, -0.2) is 0 Å². The lowest BCUT2D eigenvalue weighted by atomic mass is 9.95. The molecule has 2 amide bonds. The van der Waals surface area contributed by atoms with Gasteiger partial charge in [0, 0.05) is 12.5 Å². The van der Waals surface area contributed by atoms with Gasteiger partial charge in [-0.3, -0.25) is 9.59 Å². The number of carbonyl (C=O) groups excluding carboxylic acids is 2. The van der Waals surface area contributed by atoms with Crippen LogP contribution >= 0.6 is 0 Å². The van der Waals surface area contributed by atoms with Gasteiger partial charge in [-0.1, -0.05) is 12.8 Å². The predicted octanol–water partition coefficient (Wildman–Crippen LogP) is -0.224. The summed E-state index contributed by atoms with van der Waals surface area (Å²) in [6, 6.07) is 0.0116. The number of carbonyl (C=O) groups is 2. The molecule has 1 aliphatic carbocycles. The third-order valence-corrected chi connectivity index (χ3v) is 2.89. The monoisotopic (exact) mass is 182 g/mol. The summed E-state index contributed by atoms with van der Waals surface area (Å²) in [5.74, 6) is 0.0665. The van der Waals surface area contributed by atoms with Crippen LogP contribution in [0.4, 0.5) is 0 Å². The van der Waals surface area contributed by atoms with E-state index in [1.54, 1.807) is 0 Å². The zero-order valence-electron chi connectivity index (χ0n) is 7.45. The first-order valence-electron chi connectivity index (χ1n) is 4.75. The van der Waals surface area contributed by atoms with E-state index in [2.05, 4.69) is 5.32 Å². The van der Waals surface area contributed by atoms with Crippen LogP contribution in [0.2, 0.25) is 0 Å². The van der Waals surface area contributed by atoms with Gasteiger partial charge in [0.05, 0.1) is 5.92 Å². The third kappa shape index (κ3) is 1.82. The zero-order valence-corrected chi connectivity index (χ0v) is 7.45. The Kier molecular flexibility index (Phi) is 1.98. The summed E-state index contributed by atoms with van der Waals surface area (Å²) in [4.78, 5) is 22.0. The summed E-state index contributed by atoms with van der Waals surface area (Å²) in [6.45, 7) is 0. The highest BCUT2D eigenvalue weighted by atomic mass is 16.2. The molecular formula is C9H14N2O2. The first-order valence-corrected chi connectivity index (χ1v) is 4.75. The molecule has 4 heteroatoms. The SMILES string of the molecule is NC(=O)C1CC(=O)NC1CC1CC1. The number of rotatable bonds is 3. The molecule has 0 spiro atoms. The fraction of sp³-hybridized carbons (Fsp3) is 0.778. The molecule has 1 saturated heterocycles. The van der Waals surface area contributed by atoms with Crippen molar-refractivity contribution < 1.29 is 9.59 Å². The standard InChI is InChI=1S/C9H14N2O2/c10-9(13)6-4-8(12)11-7(6)3-5-1-2-5/h5-7H,1-4H2,(H2,10,13)(H,11,12). The molecule has 1 saturated carbocycles. The quantitative estimate of drug-likeness (QED) is 0.633. The van der Waals surface area contributed by atoms with Crippen molar-refractivity contribution in [2.45, 2.75) is 31.7 Å². The average Bonchev–Trinajstić information content (AvgIpc) is 2.75. The Morgan fingerprint density at radius 2 is 2.23 bits per heavy atom. The molecule has 2 fully saturated rings. The normalized spacial score (nSPS) is 33.1. The number of nitrogens with one attached hydrogen (secondary N) is 1. The predicted molar refractivity (Wildman–Crippen MR) is 46.6 cm³/mol. The number of nitrogens with two attached hydrogens (primary N) is 1. The maximum absolute atomic E-state index is 11.1. The minimum Gasteiger partial charge on any atom is -0.369 e. The van der Waals surface area contributed by atoms with Gasteiger partial charge >= 0.3 is 0 Å². The van der Waals surface area contributed by atoms with Gasteiger partial charge in [-0.15, -0.1) is 0 Å². The van der Waals surface area contributed by atoms with E-state index >= 15 is 0 Å². The van der Waals surface area contributed by atoms with Crippen LogP contribution in [0.1, 0.15) is 25.7 Å². The van der Waals surface area contributed by atoms with Gasteiger partial charge < -0.3 is 11.1 Å². The number of hydrogen-bond donors (Lipinski definition) is 2. The second kappa shape index (κ2) is 3.01. The topological polar surface area (TPSA) is 72.2 Å². The van der Waals surface area contributed by atoms with Crippen molar-refractivity contribution in [2.75, 3.05) is 0 Å². The van der Waals surface area contributed by atoms with Crippen molar-refractivity contribution in [3.63, 3.8) is 0 Å². The van der Waals surface area contributed by atoms with Crippen molar-refractivity contribution in [3.8, 4) is 0 Å². The average molecular weight is 182 g/mol. The Bertz CT molecular complexity index is 248. The van der Waals surface area contributed by atoms with E-state index < -0.39 is 0 Å². The zero-order chi connectivity index (χ0) is 9.42. The van der Waals surface area contributed by atoms with Crippen LogP contribution < -0.4 is 11.1 Å². The summed E-state index contributed by atoms with van der Waals surface area (Å²) >= 11 is 0. The molecule has 0 radical (unpaired) electrons. The maximum atomic E-state index is 11.1. The second-order valence-electron chi connectivity index (χ2n) is 4.07. The maximum Gasteiger partial charge on any atom is 0.223 e. The first kappa shape index (κ1) is 8.53. The summed E-state index contributed by atoms with van der Waals surface area (Å²) < 4.78 is 0. The molecule has 2 unspecified atom stereocenters. The van der Waals surface area contributed by atoms with Crippen LogP contribution in [0.15, 0.2) is 0 Å². The van der Waals surface area contributed by atoms with E-state index in [4.69, 9.17) is 5.73 Å². The molecule has 4 nitrogen and oxygen atoms in total. The molecule has 0 aromatic heterocycles. The summed E-state index contributed by atoms with van der Waals surface area (Å²) in [5.41, 5.74) is 5.22. The molecule has 13 heavy (non-hydrogen) atoms. The second-order valence-corrected chi connectivity index (χ2v) is 4.07. The number of primary amides is 1.